The summed E-state index contributed by atoms with van der Waals surface area (Å²) in [4.78, 5) is 18.1. The predicted octanol–water partition coefficient (Wildman–Crippen LogP) is 3.87. The van der Waals surface area contributed by atoms with Gasteiger partial charge >= 0.3 is 0 Å². The van der Waals surface area contributed by atoms with Crippen molar-refractivity contribution < 1.29 is 4.79 Å². The number of rotatable bonds is 7. The Hall–Kier alpha value is -1.50. The Labute approximate surface area is 174 Å². The highest BCUT2D eigenvalue weighted by Gasteiger charge is 2.21. The number of nitrogens with one attached hydrogen (secondary N) is 1. The van der Waals surface area contributed by atoms with E-state index in [-0.39, 0.29) is 5.91 Å². The molecule has 0 spiro atoms. The zero-order valence-electron chi connectivity index (χ0n) is 15.6. The van der Waals surface area contributed by atoms with Crippen LogP contribution in [0.15, 0.2) is 64.0 Å². The van der Waals surface area contributed by atoms with Gasteiger partial charge in [0.15, 0.2) is 0 Å². The Morgan fingerprint density at radius 3 is 2.41 bits per heavy atom. The minimum absolute atomic E-state index is 0.0951. The Kier molecular flexibility index (Phi) is 7.61. The fourth-order valence-corrected chi connectivity index (χ4v) is 4.17. The van der Waals surface area contributed by atoms with Gasteiger partial charge in [0.05, 0.1) is 5.75 Å². The number of carbonyl (C=O) groups excluding carboxylic acids is 1. The Bertz CT molecular complexity index is 718. The largest absolute Gasteiger partial charge is 0.369 e. The summed E-state index contributed by atoms with van der Waals surface area (Å²) in [5.74, 6) is 0.550. The average Bonchev–Trinajstić information content (AvgIpc) is 2.72. The third-order valence-corrected chi connectivity index (χ3v) is 6.38. The second-order valence-corrected chi connectivity index (χ2v) is 8.72. The molecule has 1 aliphatic heterocycles. The molecule has 1 saturated heterocycles. The third kappa shape index (κ3) is 6.26. The van der Waals surface area contributed by atoms with Gasteiger partial charge in [-0.05, 0) is 43.3 Å². The summed E-state index contributed by atoms with van der Waals surface area (Å²) >= 11 is 4.99. The maximum Gasteiger partial charge on any atom is 0.230 e. The molecule has 27 heavy (non-hydrogen) atoms. The van der Waals surface area contributed by atoms with Gasteiger partial charge in [-0.1, -0.05) is 34.1 Å². The second-order valence-electron chi connectivity index (χ2n) is 6.75. The van der Waals surface area contributed by atoms with Crippen LogP contribution in [0.1, 0.15) is 6.92 Å². The second kappa shape index (κ2) is 10.2. The van der Waals surface area contributed by atoms with Gasteiger partial charge in [-0.2, -0.15) is 0 Å². The van der Waals surface area contributed by atoms with Crippen LogP contribution >= 0.6 is 27.7 Å². The van der Waals surface area contributed by atoms with Crippen molar-refractivity contribution in [1.29, 1.82) is 0 Å². The van der Waals surface area contributed by atoms with Crippen molar-refractivity contribution in [3.63, 3.8) is 0 Å². The van der Waals surface area contributed by atoms with E-state index in [9.17, 15) is 4.79 Å². The fourth-order valence-electron chi connectivity index (χ4n) is 3.18. The van der Waals surface area contributed by atoms with Crippen molar-refractivity contribution in [1.82, 2.24) is 10.2 Å². The number of hydrogen-bond donors (Lipinski definition) is 1. The fraction of sp³-hybridized carbons (Fsp3) is 0.381. The van der Waals surface area contributed by atoms with Crippen molar-refractivity contribution in [2.75, 3.05) is 43.4 Å². The smallest absolute Gasteiger partial charge is 0.230 e. The van der Waals surface area contributed by atoms with Crippen LogP contribution in [-0.2, 0) is 4.79 Å². The highest BCUT2D eigenvalue weighted by atomic mass is 79.9. The highest BCUT2D eigenvalue weighted by molar-refractivity contribution is 9.10. The lowest BCUT2D eigenvalue weighted by Crippen LogP contribution is -2.52. The van der Waals surface area contributed by atoms with Gasteiger partial charge in [-0.15, -0.1) is 11.8 Å². The molecule has 3 rings (SSSR count). The molecular formula is C21H26BrN3OS. The van der Waals surface area contributed by atoms with Gasteiger partial charge in [0, 0.05) is 53.8 Å². The molecule has 0 radical (unpaired) electrons. The molecule has 1 aliphatic rings. The molecule has 144 valence electrons. The number of para-hydroxylation sites is 1. The summed E-state index contributed by atoms with van der Waals surface area (Å²) in [6.07, 6.45) is 0. The molecule has 0 aromatic heterocycles. The molecule has 1 fully saturated rings. The van der Waals surface area contributed by atoms with E-state index in [0.717, 1.165) is 35.5 Å². The van der Waals surface area contributed by atoms with Gasteiger partial charge in [-0.3, -0.25) is 9.69 Å². The highest BCUT2D eigenvalue weighted by Crippen LogP contribution is 2.20. The lowest BCUT2D eigenvalue weighted by molar-refractivity contribution is -0.118. The molecule has 0 bridgehead atoms. The summed E-state index contributed by atoms with van der Waals surface area (Å²) in [5.41, 5.74) is 1.29. The number of halogens is 1. The van der Waals surface area contributed by atoms with Crippen LogP contribution in [-0.4, -0.2) is 55.3 Å². The summed E-state index contributed by atoms with van der Waals surface area (Å²) in [6.45, 7) is 7.01. The first-order valence-electron chi connectivity index (χ1n) is 9.31. The van der Waals surface area contributed by atoms with E-state index in [0.29, 0.717) is 18.3 Å². The number of piperazine rings is 1. The molecule has 0 saturated carbocycles. The van der Waals surface area contributed by atoms with Gasteiger partial charge in [0.25, 0.3) is 0 Å². The van der Waals surface area contributed by atoms with E-state index >= 15 is 0 Å². The third-order valence-electron chi connectivity index (χ3n) is 4.84. The number of nitrogens with zero attached hydrogens (tertiary/aromatic N) is 2. The van der Waals surface area contributed by atoms with E-state index in [1.165, 1.54) is 5.69 Å². The van der Waals surface area contributed by atoms with Crippen molar-refractivity contribution in [3.8, 4) is 0 Å². The lowest BCUT2D eigenvalue weighted by Gasteiger charge is -2.39. The number of thioether (sulfide) groups is 1. The SMILES string of the molecule is CC(CNC(=O)CSc1ccc(Br)cc1)N1CCN(c2ccccc2)CC1. The van der Waals surface area contributed by atoms with Gasteiger partial charge in [0.2, 0.25) is 5.91 Å². The number of amides is 1. The molecule has 1 atom stereocenters. The maximum atomic E-state index is 12.1. The molecule has 6 heteroatoms. The Balaban J connectivity index is 1.36. The monoisotopic (exact) mass is 447 g/mol. The molecule has 1 amide bonds. The topological polar surface area (TPSA) is 35.6 Å². The number of benzene rings is 2. The van der Waals surface area contributed by atoms with Crippen molar-refractivity contribution in [2.45, 2.75) is 17.9 Å². The average molecular weight is 448 g/mol. The Morgan fingerprint density at radius 2 is 1.74 bits per heavy atom. The molecule has 1 unspecified atom stereocenters. The molecule has 0 aliphatic carbocycles. The van der Waals surface area contributed by atoms with Crippen LogP contribution in [0.4, 0.5) is 5.69 Å². The minimum atomic E-state index is 0.0951. The number of carbonyl (C=O) groups is 1. The van der Waals surface area contributed by atoms with Crippen molar-refractivity contribution in [2.24, 2.45) is 0 Å². The molecule has 4 nitrogen and oxygen atoms in total. The first-order valence-corrected chi connectivity index (χ1v) is 11.1. The van der Waals surface area contributed by atoms with E-state index in [1.54, 1.807) is 11.8 Å². The summed E-state index contributed by atoms with van der Waals surface area (Å²) in [7, 11) is 0. The predicted molar refractivity (Wildman–Crippen MR) is 118 cm³/mol. The Morgan fingerprint density at radius 1 is 1.07 bits per heavy atom. The summed E-state index contributed by atoms with van der Waals surface area (Å²) in [5, 5.41) is 3.08. The summed E-state index contributed by atoms with van der Waals surface area (Å²) in [6, 6.07) is 19.0. The number of anilines is 1. The maximum absolute atomic E-state index is 12.1. The quantitative estimate of drug-likeness (QED) is 0.653. The van der Waals surface area contributed by atoms with Gasteiger partial charge < -0.3 is 10.2 Å². The van der Waals surface area contributed by atoms with Crippen LogP contribution in [0, 0.1) is 0 Å². The molecule has 2 aromatic rings. The van der Waals surface area contributed by atoms with Crippen LogP contribution in [0.2, 0.25) is 0 Å². The first kappa shape index (κ1) is 20.2. The number of hydrogen-bond acceptors (Lipinski definition) is 4. The molecular weight excluding hydrogens is 422 g/mol. The van der Waals surface area contributed by atoms with Crippen LogP contribution < -0.4 is 10.2 Å². The van der Waals surface area contributed by atoms with Gasteiger partial charge in [-0.25, -0.2) is 0 Å². The summed E-state index contributed by atoms with van der Waals surface area (Å²) < 4.78 is 1.05. The van der Waals surface area contributed by atoms with Crippen molar-refractivity contribution in [3.05, 3.63) is 59.1 Å². The molecule has 1 heterocycles. The van der Waals surface area contributed by atoms with E-state index in [1.807, 2.05) is 24.3 Å². The molecule has 1 N–H and O–H groups in total. The zero-order chi connectivity index (χ0) is 19.1. The zero-order valence-corrected chi connectivity index (χ0v) is 18.0. The van der Waals surface area contributed by atoms with Crippen molar-refractivity contribution >= 4 is 39.3 Å². The normalized spacial score (nSPS) is 16.1. The van der Waals surface area contributed by atoms with Crippen LogP contribution in [0.5, 0.6) is 0 Å². The molecule has 2 aromatic carbocycles. The van der Waals surface area contributed by atoms with E-state index < -0.39 is 0 Å². The minimum Gasteiger partial charge on any atom is -0.369 e. The van der Waals surface area contributed by atoms with Crippen LogP contribution in [0.3, 0.4) is 0 Å². The van der Waals surface area contributed by atoms with Crippen LogP contribution in [0.25, 0.3) is 0 Å². The lowest BCUT2D eigenvalue weighted by atomic mass is 10.2. The standard InChI is InChI=1S/C21H26BrN3OS/c1-17(15-23-21(26)16-27-20-9-7-18(22)8-10-20)24-11-13-25(14-12-24)19-5-3-2-4-6-19/h2-10,17H,11-16H2,1H3,(H,23,26). The van der Waals surface area contributed by atoms with E-state index in [4.69, 9.17) is 0 Å². The van der Waals surface area contributed by atoms with Gasteiger partial charge in [0.1, 0.15) is 0 Å². The first-order chi connectivity index (χ1) is 13.1. The van der Waals surface area contributed by atoms with E-state index in [2.05, 4.69) is 68.3 Å².